The molecule has 1 rings (SSSR count). The summed E-state index contributed by atoms with van der Waals surface area (Å²) < 4.78 is 18.1. The van der Waals surface area contributed by atoms with Crippen LogP contribution in [0, 0.1) is 5.82 Å². The number of benzene rings is 1. The highest BCUT2D eigenvalue weighted by molar-refractivity contribution is 5.22. The second-order valence-electron chi connectivity index (χ2n) is 5.10. The molecular formula is C14H20FNO. The monoisotopic (exact) mass is 237 g/mol. The first-order valence-electron chi connectivity index (χ1n) is 5.67. The minimum atomic E-state index is -0.259. The number of rotatable bonds is 5. The van der Waals surface area contributed by atoms with Crippen molar-refractivity contribution in [1.82, 2.24) is 5.32 Å². The van der Waals surface area contributed by atoms with Crippen LogP contribution in [0.2, 0.25) is 0 Å². The lowest BCUT2D eigenvalue weighted by atomic mass is 10.1. The van der Waals surface area contributed by atoms with E-state index >= 15 is 0 Å². The van der Waals surface area contributed by atoms with Gasteiger partial charge in [0.25, 0.3) is 0 Å². The van der Waals surface area contributed by atoms with Gasteiger partial charge in [0.2, 0.25) is 0 Å². The van der Waals surface area contributed by atoms with Gasteiger partial charge < -0.3 is 10.1 Å². The number of hydrogen-bond donors (Lipinski definition) is 1. The molecule has 0 heterocycles. The molecule has 1 aromatic rings. The van der Waals surface area contributed by atoms with Crippen molar-refractivity contribution in [1.29, 1.82) is 0 Å². The topological polar surface area (TPSA) is 21.3 Å². The predicted octanol–water partition coefficient (Wildman–Crippen LogP) is 3.15. The molecule has 0 amide bonds. The molecular weight excluding hydrogens is 217 g/mol. The van der Waals surface area contributed by atoms with Crippen LogP contribution in [0.5, 0.6) is 5.75 Å². The summed E-state index contributed by atoms with van der Waals surface area (Å²) >= 11 is 0. The van der Waals surface area contributed by atoms with E-state index in [9.17, 15) is 4.39 Å². The third-order valence-corrected chi connectivity index (χ3v) is 2.13. The molecule has 0 saturated heterocycles. The standard InChI is InChI=1S/C14H20FNO/c1-11(9-16-14(2,3)4)10-17-13-7-5-12(15)6-8-13/h5-8,16H,1,9-10H2,2-4H3. The van der Waals surface area contributed by atoms with Crippen LogP contribution in [0.15, 0.2) is 36.4 Å². The average Bonchev–Trinajstić information content (AvgIpc) is 2.25. The van der Waals surface area contributed by atoms with Crippen LogP contribution in [0.1, 0.15) is 20.8 Å². The Morgan fingerprint density at radius 3 is 2.41 bits per heavy atom. The summed E-state index contributed by atoms with van der Waals surface area (Å²) in [5.74, 6) is 0.397. The maximum Gasteiger partial charge on any atom is 0.123 e. The molecule has 0 aliphatic carbocycles. The van der Waals surface area contributed by atoms with E-state index in [0.717, 1.165) is 5.57 Å². The predicted molar refractivity (Wildman–Crippen MR) is 68.8 cm³/mol. The van der Waals surface area contributed by atoms with Gasteiger partial charge in [0.05, 0.1) is 0 Å². The van der Waals surface area contributed by atoms with Gasteiger partial charge in [0.1, 0.15) is 18.2 Å². The van der Waals surface area contributed by atoms with Gasteiger partial charge in [-0.05, 0) is 50.6 Å². The molecule has 2 nitrogen and oxygen atoms in total. The Morgan fingerprint density at radius 1 is 1.29 bits per heavy atom. The van der Waals surface area contributed by atoms with Crippen molar-refractivity contribution in [3.8, 4) is 5.75 Å². The van der Waals surface area contributed by atoms with E-state index in [1.54, 1.807) is 12.1 Å². The Kier molecular flexibility index (Phi) is 4.70. The van der Waals surface area contributed by atoms with Crippen LogP contribution in [-0.4, -0.2) is 18.7 Å². The normalized spacial score (nSPS) is 11.3. The summed E-state index contributed by atoms with van der Waals surface area (Å²) in [4.78, 5) is 0. The highest BCUT2D eigenvalue weighted by atomic mass is 19.1. The maximum absolute atomic E-state index is 12.7. The molecule has 17 heavy (non-hydrogen) atoms. The van der Waals surface area contributed by atoms with Crippen molar-refractivity contribution in [3.05, 3.63) is 42.2 Å². The summed E-state index contributed by atoms with van der Waals surface area (Å²) in [5, 5.41) is 3.33. The Bertz CT molecular complexity index is 365. The molecule has 0 aromatic heterocycles. The van der Waals surface area contributed by atoms with Crippen LogP contribution in [0.3, 0.4) is 0 Å². The van der Waals surface area contributed by atoms with Crippen molar-refractivity contribution in [2.75, 3.05) is 13.2 Å². The largest absolute Gasteiger partial charge is 0.489 e. The third-order valence-electron chi connectivity index (χ3n) is 2.13. The number of halogens is 1. The van der Waals surface area contributed by atoms with Gasteiger partial charge >= 0.3 is 0 Å². The molecule has 1 N–H and O–H groups in total. The molecule has 0 spiro atoms. The van der Waals surface area contributed by atoms with E-state index in [4.69, 9.17) is 4.74 Å². The zero-order chi connectivity index (χ0) is 12.9. The fraction of sp³-hybridized carbons (Fsp3) is 0.429. The smallest absolute Gasteiger partial charge is 0.123 e. The molecule has 0 aliphatic heterocycles. The van der Waals surface area contributed by atoms with Crippen LogP contribution in [0.25, 0.3) is 0 Å². The van der Waals surface area contributed by atoms with Gasteiger partial charge in [-0.1, -0.05) is 6.58 Å². The summed E-state index contributed by atoms with van der Waals surface area (Å²) in [6, 6.07) is 5.98. The lowest BCUT2D eigenvalue weighted by molar-refractivity contribution is 0.341. The Labute approximate surface area is 102 Å². The second-order valence-corrected chi connectivity index (χ2v) is 5.10. The minimum absolute atomic E-state index is 0.0683. The molecule has 0 bridgehead atoms. The zero-order valence-electron chi connectivity index (χ0n) is 10.7. The first-order chi connectivity index (χ1) is 7.87. The van der Waals surface area contributed by atoms with Crippen LogP contribution in [-0.2, 0) is 0 Å². The number of nitrogens with one attached hydrogen (secondary N) is 1. The number of ether oxygens (including phenoxy) is 1. The molecule has 0 aliphatic rings. The van der Waals surface area contributed by atoms with Crippen LogP contribution < -0.4 is 10.1 Å². The van der Waals surface area contributed by atoms with Crippen molar-refractivity contribution in [3.63, 3.8) is 0 Å². The third kappa shape index (κ3) is 6.07. The van der Waals surface area contributed by atoms with Crippen LogP contribution >= 0.6 is 0 Å². The SMILES string of the molecule is C=C(CNC(C)(C)C)COc1ccc(F)cc1. The van der Waals surface area contributed by atoms with Gasteiger partial charge in [0.15, 0.2) is 0 Å². The molecule has 0 atom stereocenters. The number of hydrogen-bond acceptors (Lipinski definition) is 2. The van der Waals surface area contributed by atoms with E-state index < -0.39 is 0 Å². The molecule has 0 unspecified atom stereocenters. The first kappa shape index (κ1) is 13.7. The van der Waals surface area contributed by atoms with E-state index in [2.05, 4.69) is 32.7 Å². The van der Waals surface area contributed by atoms with Gasteiger partial charge in [-0.15, -0.1) is 0 Å². The maximum atomic E-state index is 12.7. The zero-order valence-corrected chi connectivity index (χ0v) is 10.7. The molecule has 0 radical (unpaired) electrons. The molecule has 3 heteroatoms. The summed E-state index contributed by atoms with van der Waals surface area (Å²) in [7, 11) is 0. The van der Waals surface area contributed by atoms with Gasteiger partial charge in [-0.3, -0.25) is 0 Å². The molecule has 94 valence electrons. The average molecular weight is 237 g/mol. The van der Waals surface area contributed by atoms with E-state index in [-0.39, 0.29) is 11.4 Å². The highest BCUT2D eigenvalue weighted by Crippen LogP contribution is 2.11. The van der Waals surface area contributed by atoms with Crippen molar-refractivity contribution < 1.29 is 9.13 Å². The molecule has 0 saturated carbocycles. The van der Waals surface area contributed by atoms with Gasteiger partial charge in [-0.25, -0.2) is 4.39 Å². The second kappa shape index (κ2) is 5.82. The first-order valence-corrected chi connectivity index (χ1v) is 5.67. The van der Waals surface area contributed by atoms with Crippen LogP contribution in [0.4, 0.5) is 4.39 Å². The summed E-state index contributed by atoms with van der Waals surface area (Å²) in [6.45, 7) is 11.4. The van der Waals surface area contributed by atoms with Crippen molar-refractivity contribution in [2.45, 2.75) is 26.3 Å². The lowest BCUT2D eigenvalue weighted by Gasteiger charge is -2.21. The van der Waals surface area contributed by atoms with E-state index in [1.165, 1.54) is 12.1 Å². The fourth-order valence-corrected chi connectivity index (χ4v) is 1.16. The summed E-state index contributed by atoms with van der Waals surface area (Å²) in [6.07, 6.45) is 0. The molecule has 1 aromatic carbocycles. The van der Waals surface area contributed by atoms with E-state index in [1.807, 2.05) is 0 Å². The Balaban J connectivity index is 2.31. The van der Waals surface area contributed by atoms with Crippen molar-refractivity contribution in [2.24, 2.45) is 0 Å². The Morgan fingerprint density at radius 2 is 1.88 bits per heavy atom. The van der Waals surface area contributed by atoms with Crippen molar-refractivity contribution >= 4 is 0 Å². The van der Waals surface area contributed by atoms with Gasteiger partial charge in [0, 0.05) is 12.1 Å². The minimum Gasteiger partial charge on any atom is -0.489 e. The molecule has 0 fully saturated rings. The quantitative estimate of drug-likeness (QED) is 0.794. The fourth-order valence-electron chi connectivity index (χ4n) is 1.16. The van der Waals surface area contributed by atoms with E-state index in [0.29, 0.717) is 18.9 Å². The highest BCUT2D eigenvalue weighted by Gasteiger charge is 2.08. The van der Waals surface area contributed by atoms with Gasteiger partial charge in [-0.2, -0.15) is 0 Å². The lowest BCUT2D eigenvalue weighted by Crippen LogP contribution is -2.37. The Hall–Kier alpha value is -1.35. The summed E-state index contributed by atoms with van der Waals surface area (Å²) in [5.41, 5.74) is 1.03.